The zero-order valence-corrected chi connectivity index (χ0v) is 16.4. The first-order valence-electron chi connectivity index (χ1n) is 9.56. The summed E-state index contributed by atoms with van der Waals surface area (Å²) in [7, 11) is 1.64. The van der Waals surface area contributed by atoms with Crippen molar-refractivity contribution in [2.24, 2.45) is 0 Å². The Labute approximate surface area is 157 Å². The Bertz CT molecular complexity index is 606. The van der Waals surface area contributed by atoms with Gasteiger partial charge in [0.15, 0.2) is 18.1 Å². The summed E-state index contributed by atoms with van der Waals surface area (Å²) in [5.41, 5.74) is 2.23. The fourth-order valence-corrected chi connectivity index (χ4v) is 3.42. The third-order valence-electron chi connectivity index (χ3n) is 4.84. The van der Waals surface area contributed by atoms with Gasteiger partial charge >= 0.3 is 0 Å². The molecular weight excluding hydrogens is 328 g/mol. The largest absolute Gasteiger partial charge is 0.493 e. The molecule has 1 aliphatic rings. The lowest BCUT2D eigenvalue weighted by Crippen LogP contribution is -2.34. The first-order chi connectivity index (χ1) is 12.6. The lowest BCUT2D eigenvalue weighted by atomic mass is 10.1. The topological polar surface area (TPSA) is 42.0 Å². The fraction of sp³-hybridized carbons (Fsp3) is 0.571. The van der Waals surface area contributed by atoms with Crippen LogP contribution in [0.3, 0.4) is 0 Å². The second kappa shape index (κ2) is 10.2. The summed E-state index contributed by atoms with van der Waals surface area (Å²) in [5.74, 6) is 1.37. The lowest BCUT2D eigenvalue weighted by Gasteiger charge is -2.22. The number of likely N-dealkylation sites (tertiary alicyclic amines) is 1. The maximum absolute atomic E-state index is 12.3. The number of hydrogen-bond acceptors (Lipinski definition) is 4. The molecule has 0 atom stereocenters. The zero-order chi connectivity index (χ0) is 18.9. The Kier molecular flexibility index (Phi) is 7.98. The van der Waals surface area contributed by atoms with Crippen LogP contribution in [0.1, 0.15) is 37.8 Å². The number of methoxy groups -OCH3 is 1. The van der Waals surface area contributed by atoms with Gasteiger partial charge in [-0.05, 0) is 57.8 Å². The van der Waals surface area contributed by atoms with Gasteiger partial charge in [-0.1, -0.05) is 12.1 Å². The monoisotopic (exact) mass is 360 g/mol. The van der Waals surface area contributed by atoms with E-state index in [-0.39, 0.29) is 12.5 Å². The highest BCUT2D eigenvalue weighted by atomic mass is 16.5. The van der Waals surface area contributed by atoms with E-state index in [9.17, 15) is 4.79 Å². The molecule has 1 aromatic rings. The Balaban J connectivity index is 2.24. The third kappa shape index (κ3) is 5.24. The van der Waals surface area contributed by atoms with Crippen molar-refractivity contribution in [2.45, 2.75) is 39.7 Å². The molecule has 0 spiro atoms. The summed E-state index contributed by atoms with van der Waals surface area (Å²) in [6, 6.07) is 4.13. The average Bonchev–Trinajstić information content (AvgIpc) is 3.14. The molecule has 1 amide bonds. The van der Waals surface area contributed by atoms with Gasteiger partial charge in [0.25, 0.3) is 5.91 Å². The number of amides is 1. The predicted molar refractivity (Wildman–Crippen MR) is 105 cm³/mol. The normalized spacial score (nSPS) is 14.3. The van der Waals surface area contributed by atoms with Gasteiger partial charge in [-0.2, -0.15) is 0 Å². The van der Waals surface area contributed by atoms with E-state index in [0.29, 0.717) is 24.6 Å². The molecule has 1 fully saturated rings. The number of nitrogens with zero attached hydrogens (tertiary/aromatic N) is 2. The summed E-state index contributed by atoms with van der Waals surface area (Å²) < 4.78 is 11.6. The number of ether oxygens (including phenoxy) is 2. The molecule has 5 heteroatoms. The number of hydrogen-bond donors (Lipinski definition) is 0. The van der Waals surface area contributed by atoms with E-state index in [4.69, 9.17) is 9.47 Å². The number of benzene rings is 1. The quantitative estimate of drug-likeness (QED) is 0.601. The molecule has 2 rings (SSSR count). The number of rotatable bonds is 10. The first-order valence-corrected chi connectivity index (χ1v) is 9.56. The molecule has 0 bridgehead atoms. The van der Waals surface area contributed by atoms with Crippen LogP contribution in [0.25, 0.3) is 0 Å². The van der Waals surface area contributed by atoms with Crippen molar-refractivity contribution in [3.8, 4) is 11.5 Å². The Morgan fingerprint density at radius 2 is 1.96 bits per heavy atom. The van der Waals surface area contributed by atoms with Crippen molar-refractivity contribution in [1.82, 2.24) is 9.80 Å². The second-order valence-electron chi connectivity index (χ2n) is 6.62. The number of carbonyl (C=O) groups is 1. The van der Waals surface area contributed by atoms with Crippen LogP contribution in [0.4, 0.5) is 0 Å². The minimum absolute atomic E-state index is 0.000608. The Hall–Kier alpha value is -2.01. The van der Waals surface area contributed by atoms with Crippen LogP contribution in [0.15, 0.2) is 24.8 Å². The molecule has 5 nitrogen and oxygen atoms in total. The molecule has 0 unspecified atom stereocenters. The van der Waals surface area contributed by atoms with Gasteiger partial charge in [0, 0.05) is 25.2 Å². The van der Waals surface area contributed by atoms with Gasteiger partial charge in [0.2, 0.25) is 0 Å². The minimum atomic E-state index is -0.000608. The summed E-state index contributed by atoms with van der Waals surface area (Å²) >= 11 is 0. The molecule has 1 aliphatic heterocycles. The maximum Gasteiger partial charge on any atom is 0.260 e. The summed E-state index contributed by atoms with van der Waals surface area (Å²) in [5, 5.41) is 0. The summed E-state index contributed by atoms with van der Waals surface area (Å²) in [4.78, 5) is 16.5. The van der Waals surface area contributed by atoms with Crippen LogP contribution in [-0.2, 0) is 17.8 Å². The van der Waals surface area contributed by atoms with E-state index in [1.165, 1.54) is 12.8 Å². The smallest absolute Gasteiger partial charge is 0.260 e. The summed E-state index contributed by atoms with van der Waals surface area (Å²) in [6.07, 6.45) is 5.14. The Morgan fingerprint density at radius 1 is 1.27 bits per heavy atom. The molecule has 26 heavy (non-hydrogen) atoms. The molecule has 144 valence electrons. The maximum atomic E-state index is 12.3. The highest BCUT2D eigenvalue weighted by Crippen LogP contribution is 2.34. The van der Waals surface area contributed by atoms with E-state index in [1.54, 1.807) is 12.0 Å². The highest BCUT2D eigenvalue weighted by molar-refractivity contribution is 5.77. The van der Waals surface area contributed by atoms with Crippen LogP contribution >= 0.6 is 0 Å². The van der Waals surface area contributed by atoms with Crippen LogP contribution in [0.2, 0.25) is 0 Å². The van der Waals surface area contributed by atoms with Crippen molar-refractivity contribution < 1.29 is 14.3 Å². The van der Waals surface area contributed by atoms with Crippen molar-refractivity contribution >= 4 is 5.91 Å². The van der Waals surface area contributed by atoms with Crippen molar-refractivity contribution in [3.05, 3.63) is 35.9 Å². The Morgan fingerprint density at radius 3 is 2.54 bits per heavy atom. The molecule has 0 radical (unpaired) electrons. The summed E-state index contributed by atoms with van der Waals surface area (Å²) in [6.45, 7) is 12.2. The molecule has 0 aromatic heterocycles. The van der Waals surface area contributed by atoms with Gasteiger partial charge in [0.1, 0.15) is 0 Å². The minimum Gasteiger partial charge on any atom is -0.493 e. The molecule has 1 aromatic carbocycles. The lowest BCUT2D eigenvalue weighted by molar-refractivity contribution is -0.133. The van der Waals surface area contributed by atoms with Gasteiger partial charge < -0.3 is 14.4 Å². The van der Waals surface area contributed by atoms with E-state index in [2.05, 4.69) is 17.5 Å². The van der Waals surface area contributed by atoms with E-state index in [1.807, 2.05) is 26.0 Å². The molecule has 1 saturated heterocycles. The van der Waals surface area contributed by atoms with Crippen LogP contribution < -0.4 is 9.47 Å². The SMILES string of the molecule is C=CCc1cc(CN2CCCC2)c(OCC(=O)N(CC)CC)c(OC)c1. The standard InChI is InChI=1S/C21H32N2O3/c1-5-10-17-13-18(15-22-11-8-9-12-22)21(19(14-17)25-4)26-16-20(24)23(6-2)7-3/h5,13-14H,1,6-12,15-16H2,2-4H3. The molecule has 1 heterocycles. The van der Waals surface area contributed by atoms with E-state index < -0.39 is 0 Å². The van der Waals surface area contributed by atoms with Crippen LogP contribution in [0, 0.1) is 0 Å². The predicted octanol–water partition coefficient (Wildman–Crippen LogP) is 3.27. The van der Waals surface area contributed by atoms with Crippen molar-refractivity contribution in [3.63, 3.8) is 0 Å². The number of carbonyl (C=O) groups excluding carboxylic acids is 1. The van der Waals surface area contributed by atoms with Gasteiger partial charge in [-0.25, -0.2) is 0 Å². The fourth-order valence-electron chi connectivity index (χ4n) is 3.42. The zero-order valence-electron chi connectivity index (χ0n) is 16.4. The van der Waals surface area contributed by atoms with Gasteiger partial charge in [-0.3, -0.25) is 9.69 Å². The van der Waals surface area contributed by atoms with E-state index in [0.717, 1.165) is 37.2 Å². The molecule has 0 saturated carbocycles. The molecular formula is C21H32N2O3. The number of likely N-dealkylation sites (N-methyl/N-ethyl adjacent to an activating group) is 1. The third-order valence-corrected chi connectivity index (χ3v) is 4.84. The van der Waals surface area contributed by atoms with Crippen molar-refractivity contribution in [1.29, 1.82) is 0 Å². The van der Waals surface area contributed by atoms with E-state index >= 15 is 0 Å². The van der Waals surface area contributed by atoms with Crippen LogP contribution in [0.5, 0.6) is 11.5 Å². The molecule has 0 N–H and O–H groups in total. The second-order valence-corrected chi connectivity index (χ2v) is 6.62. The number of allylic oxidation sites excluding steroid dienone is 1. The van der Waals surface area contributed by atoms with Gasteiger partial charge in [-0.15, -0.1) is 6.58 Å². The first kappa shape index (κ1) is 20.3. The van der Waals surface area contributed by atoms with Crippen LogP contribution in [-0.4, -0.2) is 55.6 Å². The van der Waals surface area contributed by atoms with Crippen molar-refractivity contribution in [2.75, 3.05) is 39.9 Å². The average molecular weight is 360 g/mol. The molecule has 0 aliphatic carbocycles. The highest BCUT2D eigenvalue weighted by Gasteiger charge is 2.20. The van der Waals surface area contributed by atoms with Gasteiger partial charge in [0.05, 0.1) is 7.11 Å².